The number of hydrogen-bond donors (Lipinski definition) is 0. The van der Waals surface area contributed by atoms with Gasteiger partial charge in [0, 0.05) is 32.2 Å². The SMILES string of the molecule is CC(C)N1CCC(N(C)C(=O)c2cccc(Cl)c2Cl)CC1. The average Bonchev–Trinajstić information content (AvgIpc) is 2.48. The van der Waals surface area contributed by atoms with Crippen LogP contribution in [0.15, 0.2) is 18.2 Å². The first-order valence-corrected chi connectivity index (χ1v) is 8.12. The molecule has 0 bridgehead atoms. The predicted molar refractivity (Wildman–Crippen MR) is 88.3 cm³/mol. The van der Waals surface area contributed by atoms with Crippen molar-refractivity contribution >= 4 is 29.1 Å². The molecule has 1 aromatic rings. The van der Waals surface area contributed by atoms with E-state index in [4.69, 9.17) is 23.2 Å². The normalized spacial score (nSPS) is 17.2. The molecule has 5 heteroatoms. The molecule has 0 aromatic heterocycles. The Bertz CT molecular complexity index is 511. The number of rotatable bonds is 3. The minimum atomic E-state index is -0.0505. The van der Waals surface area contributed by atoms with Gasteiger partial charge in [-0.3, -0.25) is 4.79 Å². The van der Waals surface area contributed by atoms with Crippen LogP contribution in [0.1, 0.15) is 37.0 Å². The van der Waals surface area contributed by atoms with Gasteiger partial charge in [0.1, 0.15) is 0 Å². The van der Waals surface area contributed by atoms with E-state index in [9.17, 15) is 4.79 Å². The van der Waals surface area contributed by atoms with Gasteiger partial charge < -0.3 is 9.80 Å². The van der Waals surface area contributed by atoms with Crippen LogP contribution < -0.4 is 0 Å². The Balaban J connectivity index is 2.05. The molecule has 0 aliphatic carbocycles. The Morgan fingerprint density at radius 2 is 1.90 bits per heavy atom. The molecule has 1 aromatic carbocycles. The maximum absolute atomic E-state index is 12.6. The Hall–Kier alpha value is -0.770. The quantitative estimate of drug-likeness (QED) is 0.839. The summed E-state index contributed by atoms with van der Waals surface area (Å²) in [6.45, 7) is 6.48. The molecule has 3 nitrogen and oxygen atoms in total. The Morgan fingerprint density at radius 3 is 2.48 bits per heavy atom. The predicted octanol–water partition coefficient (Wildman–Crippen LogP) is 3.94. The number of hydrogen-bond acceptors (Lipinski definition) is 2. The van der Waals surface area contributed by atoms with Crippen LogP contribution in [-0.4, -0.2) is 47.9 Å². The maximum Gasteiger partial charge on any atom is 0.255 e. The lowest BCUT2D eigenvalue weighted by Crippen LogP contribution is -2.47. The van der Waals surface area contributed by atoms with Crippen LogP contribution in [0, 0.1) is 0 Å². The smallest absolute Gasteiger partial charge is 0.255 e. The van der Waals surface area contributed by atoms with Gasteiger partial charge in [0.25, 0.3) is 5.91 Å². The van der Waals surface area contributed by atoms with Crippen molar-refractivity contribution in [3.8, 4) is 0 Å². The van der Waals surface area contributed by atoms with Crippen LogP contribution >= 0.6 is 23.2 Å². The highest BCUT2D eigenvalue weighted by atomic mass is 35.5. The summed E-state index contributed by atoms with van der Waals surface area (Å²) in [4.78, 5) is 16.9. The van der Waals surface area contributed by atoms with Gasteiger partial charge in [-0.05, 0) is 38.8 Å². The number of nitrogens with zero attached hydrogens (tertiary/aromatic N) is 2. The van der Waals surface area contributed by atoms with Gasteiger partial charge >= 0.3 is 0 Å². The van der Waals surface area contributed by atoms with E-state index in [-0.39, 0.29) is 11.9 Å². The maximum atomic E-state index is 12.6. The second-order valence-electron chi connectivity index (χ2n) is 5.88. The van der Waals surface area contributed by atoms with E-state index in [1.807, 2.05) is 11.9 Å². The molecule has 1 fully saturated rings. The van der Waals surface area contributed by atoms with Crippen molar-refractivity contribution in [3.05, 3.63) is 33.8 Å². The standard InChI is InChI=1S/C16H22Cl2N2O/c1-11(2)20-9-7-12(8-10-20)19(3)16(21)13-5-4-6-14(17)15(13)18/h4-6,11-12H,7-10H2,1-3H3. The van der Waals surface area contributed by atoms with Crippen molar-refractivity contribution in [1.29, 1.82) is 0 Å². The molecule has 1 amide bonds. The largest absolute Gasteiger partial charge is 0.339 e. The van der Waals surface area contributed by atoms with E-state index in [0.29, 0.717) is 21.7 Å². The number of halogens is 2. The van der Waals surface area contributed by atoms with Crippen LogP contribution in [0.25, 0.3) is 0 Å². The van der Waals surface area contributed by atoms with Crippen molar-refractivity contribution in [3.63, 3.8) is 0 Å². The van der Waals surface area contributed by atoms with Crippen molar-refractivity contribution in [2.75, 3.05) is 20.1 Å². The average molecular weight is 329 g/mol. The van der Waals surface area contributed by atoms with Crippen LogP contribution in [0.5, 0.6) is 0 Å². The Morgan fingerprint density at radius 1 is 1.29 bits per heavy atom. The van der Waals surface area contributed by atoms with Gasteiger partial charge in [0.15, 0.2) is 0 Å². The lowest BCUT2D eigenvalue weighted by molar-refractivity contribution is 0.0615. The first kappa shape index (κ1) is 16.6. The van der Waals surface area contributed by atoms with Crippen LogP contribution in [-0.2, 0) is 0 Å². The lowest BCUT2D eigenvalue weighted by Gasteiger charge is -2.38. The Labute approximate surface area is 136 Å². The summed E-state index contributed by atoms with van der Waals surface area (Å²) in [5.41, 5.74) is 0.484. The number of amides is 1. The topological polar surface area (TPSA) is 23.6 Å². The van der Waals surface area contributed by atoms with E-state index in [1.54, 1.807) is 18.2 Å². The third kappa shape index (κ3) is 3.71. The number of carbonyl (C=O) groups excluding carboxylic acids is 1. The van der Waals surface area contributed by atoms with E-state index in [0.717, 1.165) is 25.9 Å². The van der Waals surface area contributed by atoms with Gasteiger partial charge in [-0.2, -0.15) is 0 Å². The summed E-state index contributed by atoms with van der Waals surface area (Å²) in [5, 5.41) is 0.765. The van der Waals surface area contributed by atoms with Gasteiger partial charge in [-0.15, -0.1) is 0 Å². The van der Waals surface area contributed by atoms with Crippen LogP contribution in [0.4, 0.5) is 0 Å². The summed E-state index contributed by atoms with van der Waals surface area (Å²) in [5.74, 6) is -0.0505. The van der Waals surface area contributed by atoms with Gasteiger partial charge in [-0.25, -0.2) is 0 Å². The molecule has 1 saturated heterocycles. The molecule has 0 atom stereocenters. The van der Waals surface area contributed by atoms with E-state index in [1.165, 1.54) is 0 Å². The highest BCUT2D eigenvalue weighted by Crippen LogP contribution is 2.27. The van der Waals surface area contributed by atoms with Crippen LogP contribution in [0.2, 0.25) is 10.0 Å². The fourth-order valence-electron chi connectivity index (χ4n) is 2.81. The van der Waals surface area contributed by atoms with E-state index < -0.39 is 0 Å². The third-order valence-corrected chi connectivity index (χ3v) is 5.10. The van der Waals surface area contributed by atoms with Gasteiger partial charge in [-0.1, -0.05) is 29.3 Å². The zero-order valence-electron chi connectivity index (χ0n) is 12.8. The number of likely N-dealkylation sites (tertiary alicyclic amines) is 1. The molecule has 1 aliphatic heterocycles. The molecule has 0 spiro atoms. The third-order valence-electron chi connectivity index (χ3n) is 4.28. The first-order valence-electron chi connectivity index (χ1n) is 7.37. The molecular weight excluding hydrogens is 307 g/mol. The zero-order chi connectivity index (χ0) is 15.6. The molecule has 116 valence electrons. The summed E-state index contributed by atoms with van der Waals surface area (Å²) >= 11 is 12.1. The second kappa shape index (κ2) is 6.99. The fourth-order valence-corrected chi connectivity index (χ4v) is 3.20. The fraction of sp³-hybridized carbons (Fsp3) is 0.562. The molecule has 21 heavy (non-hydrogen) atoms. The molecular formula is C16H22Cl2N2O. The van der Waals surface area contributed by atoms with Crippen molar-refractivity contribution in [2.24, 2.45) is 0 Å². The summed E-state index contributed by atoms with van der Waals surface area (Å²) < 4.78 is 0. The first-order chi connectivity index (χ1) is 9.91. The Kier molecular flexibility index (Phi) is 5.53. The second-order valence-corrected chi connectivity index (χ2v) is 6.66. The number of piperidine rings is 1. The highest BCUT2D eigenvalue weighted by Gasteiger charge is 2.27. The monoisotopic (exact) mass is 328 g/mol. The molecule has 0 radical (unpaired) electrons. The molecule has 1 aliphatic rings. The molecule has 0 N–H and O–H groups in total. The molecule has 1 heterocycles. The van der Waals surface area contributed by atoms with Gasteiger partial charge in [0.2, 0.25) is 0 Å². The van der Waals surface area contributed by atoms with E-state index >= 15 is 0 Å². The van der Waals surface area contributed by atoms with Crippen molar-refractivity contribution in [1.82, 2.24) is 9.80 Å². The van der Waals surface area contributed by atoms with Crippen molar-refractivity contribution < 1.29 is 4.79 Å². The number of carbonyl (C=O) groups is 1. The lowest BCUT2D eigenvalue weighted by atomic mass is 10.0. The summed E-state index contributed by atoms with van der Waals surface area (Å²) in [6, 6.07) is 6.02. The minimum absolute atomic E-state index is 0.0505. The summed E-state index contributed by atoms with van der Waals surface area (Å²) in [6.07, 6.45) is 2.00. The molecule has 0 unspecified atom stereocenters. The molecule has 2 rings (SSSR count). The summed E-state index contributed by atoms with van der Waals surface area (Å²) in [7, 11) is 1.86. The number of benzene rings is 1. The highest BCUT2D eigenvalue weighted by molar-refractivity contribution is 6.43. The minimum Gasteiger partial charge on any atom is -0.339 e. The van der Waals surface area contributed by atoms with Crippen molar-refractivity contribution in [2.45, 2.75) is 38.8 Å². The molecule has 0 saturated carbocycles. The van der Waals surface area contributed by atoms with E-state index in [2.05, 4.69) is 18.7 Å². The van der Waals surface area contributed by atoms with Crippen LogP contribution in [0.3, 0.4) is 0 Å². The zero-order valence-corrected chi connectivity index (χ0v) is 14.3. The van der Waals surface area contributed by atoms with Gasteiger partial charge in [0.05, 0.1) is 15.6 Å².